The minimum atomic E-state index is -0.200. The van der Waals surface area contributed by atoms with Crippen molar-refractivity contribution in [2.45, 2.75) is 51.9 Å². The Bertz CT molecular complexity index is 891. The summed E-state index contributed by atoms with van der Waals surface area (Å²) in [5.41, 5.74) is 8.43. The summed E-state index contributed by atoms with van der Waals surface area (Å²) < 4.78 is 20.1. The van der Waals surface area contributed by atoms with Gasteiger partial charge in [0.2, 0.25) is 5.75 Å². The van der Waals surface area contributed by atoms with Crippen LogP contribution in [0.2, 0.25) is 0 Å². The standard InChI is InChI=1S/C25H41N5O4/c1-5-12-34-24-22(32-13-8-6-10-20(26)17-27-2)15-19(25(31)28-3)16-23(24)33-14-9-7-11-21-18-30(4)29-21/h15-18,27,29H,5-14,26H2,1-4H3,(H,28,31)/b20-17-. The Morgan fingerprint density at radius 2 is 1.71 bits per heavy atom. The van der Waals surface area contributed by atoms with E-state index in [-0.39, 0.29) is 5.91 Å². The maximum atomic E-state index is 12.4. The minimum Gasteiger partial charge on any atom is -0.490 e. The fraction of sp³-hybridized carbons (Fsp3) is 0.560. The quantitative estimate of drug-likeness (QED) is 0.260. The van der Waals surface area contributed by atoms with Gasteiger partial charge in [-0.2, -0.15) is 0 Å². The van der Waals surface area contributed by atoms with Crippen LogP contribution in [0.3, 0.4) is 0 Å². The van der Waals surface area contributed by atoms with Crippen LogP contribution in [0.25, 0.3) is 0 Å². The summed E-state index contributed by atoms with van der Waals surface area (Å²) in [6.07, 6.45) is 10.1. The minimum absolute atomic E-state index is 0.200. The van der Waals surface area contributed by atoms with Crippen LogP contribution in [-0.2, 0) is 13.5 Å². The van der Waals surface area contributed by atoms with E-state index in [1.54, 1.807) is 25.4 Å². The molecule has 0 saturated heterocycles. The lowest BCUT2D eigenvalue weighted by Crippen LogP contribution is -2.18. The Balaban J connectivity index is 2.04. The predicted molar refractivity (Wildman–Crippen MR) is 134 cm³/mol. The molecule has 2 rings (SSSR count). The largest absolute Gasteiger partial charge is 0.490 e. The lowest BCUT2D eigenvalue weighted by atomic mass is 10.1. The number of carbonyl (C=O) groups excluding carboxylic acids is 1. The highest BCUT2D eigenvalue weighted by molar-refractivity contribution is 5.95. The molecule has 9 heteroatoms. The Morgan fingerprint density at radius 3 is 2.26 bits per heavy atom. The van der Waals surface area contributed by atoms with Crippen molar-refractivity contribution in [3.05, 3.63) is 41.5 Å². The Kier molecular flexibility index (Phi) is 11.8. The Hall–Kier alpha value is -3.23. The van der Waals surface area contributed by atoms with Crippen molar-refractivity contribution in [2.75, 3.05) is 33.9 Å². The van der Waals surface area contributed by atoms with Crippen molar-refractivity contribution in [3.63, 3.8) is 0 Å². The van der Waals surface area contributed by atoms with E-state index in [4.69, 9.17) is 19.9 Å². The van der Waals surface area contributed by atoms with Crippen LogP contribution in [0.15, 0.2) is 30.2 Å². The van der Waals surface area contributed by atoms with Crippen LogP contribution in [0.4, 0.5) is 0 Å². The first-order chi connectivity index (χ1) is 16.5. The number of nitrogens with one attached hydrogen (secondary N) is 3. The van der Waals surface area contributed by atoms with E-state index in [2.05, 4.69) is 21.9 Å². The van der Waals surface area contributed by atoms with Crippen LogP contribution in [0.1, 0.15) is 61.5 Å². The highest BCUT2D eigenvalue weighted by Gasteiger charge is 2.18. The van der Waals surface area contributed by atoms with Crippen LogP contribution < -0.4 is 30.6 Å². The molecule has 34 heavy (non-hydrogen) atoms. The van der Waals surface area contributed by atoms with Crippen molar-refractivity contribution in [1.29, 1.82) is 0 Å². The number of nitrogens with zero attached hydrogens (tertiary/aromatic N) is 1. The number of H-pyrrole nitrogens is 1. The van der Waals surface area contributed by atoms with Gasteiger partial charge in [-0.25, -0.2) is 0 Å². The number of benzene rings is 1. The Morgan fingerprint density at radius 1 is 1.06 bits per heavy atom. The van der Waals surface area contributed by atoms with Crippen molar-refractivity contribution in [3.8, 4) is 17.2 Å². The van der Waals surface area contributed by atoms with E-state index >= 15 is 0 Å². The molecule has 0 radical (unpaired) electrons. The third kappa shape index (κ3) is 8.96. The third-order valence-corrected chi connectivity index (χ3v) is 5.18. The molecule has 0 bridgehead atoms. The summed E-state index contributed by atoms with van der Waals surface area (Å²) in [6.45, 7) is 3.59. The number of carbonyl (C=O) groups is 1. The average molecular weight is 476 g/mol. The normalized spacial score (nSPS) is 11.4. The van der Waals surface area contributed by atoms with Gasteiger partial charge in [0.25, 0.3) is 5.91 Å². The zero-order valence-corrected chi connectivity index (χ0v) is 21.0. The van der Waals surface area contributed by atoms with E-state index in [0.717, 1.165) is 50.6 Å². The molecular weight excluding hydrogens is 434 g/mol. The molecule has 1 amide bonds. The number of aromatic nitrogens is 2. The maximum absolute atomic E-state index is 12.4. The fourth-order valence-corrected chi connectivity index (χ4v) is 3.46. The lowest BCUT2D eigenvalue weighted by molar-refractivity contribution is 0.0962. The van der Waals surface area contributed by atoms with Crippen LogP contribution in [0.5, 0.6) is 17.2 Å². The molecule has 1 aromatic heterocycles. The molecule has 190 valence electrons. The number of ether oxygens (including phenoxy) is 3. The number of aromatic amines is 1. The molecule has 0 fully saturated rings. The summed E-state index contributed by atoms with van der Waals surface area (Å²) in [5.74, 6) is 1.41. The highest BCUT2D eigenvalue weighted by Crippen LogP contribution is 2.39. The van der Waals surface area contributed by atoms with Crippen LogP contribution in [0, 0.1) is 0 Å². The smallest absolute Gasteiger partial charge is 0.251 e. The fourth-order valence-electron chi connectivity index (χ4n) is 3.46. The van der Waals surface area contributed by atoms with Gasteiger partial charge in [-0.1, -0.05) is 6.92 Å². The molecule has 0 saturated carbocycles. The molecular formula is C25H41N5O4. The molecule has 9 nitrogen and oxygen atoms in total. The third-order valence-electron chi connectivity index (χ3n) is 5.18. The monoisotopic (exact) mass is 475 g/mol. The Labute approximate surface area is 203 Å². The molecule has 1 aromatic carbocycles. The van der Waals surface area contributed by atoms with Crippen molar-refractivity contribution < 1.29 is 19.0 Å². The molecule has 0 spiro atoms. The SMILES string of the molecule is CCCOc1c(OCCCC/C(N)=C/NC)cc(C(=O)NC)cc1OCCCCc1cn(C)[nH]1. The van der Waals surface area contributed by atoms with Crippen molar-refractivity contribution in [1.82, 2.24) is 20.4 Å². The van der Waals surface area contributed by atoms with Crippen LogP contribution in [-0.4, -0.2) is 49.6 Å². The topological polar surface area (TPSA) is 116 Å². The number of hydrogen-bond donors (Lipinski definition) is 4. The van der Waals surface area contributed by atoms with Gasteiger partial charge in [-0.3, -0.25) is 9.48 Å². The predicted octanol–water partition coefficient (Wildman–Crippen LogP) is 3.47. The van der Waals surface area contributed by atoms with Gasteiger partial charge < -0.3 is 35.7 Å². The van der Waals surface area contributed by atoms with Crippen LogP contribution >= 0.6 is 0 Å². The summed E-state index contributed by atoms with van der Waals surface area (Å²) in [6, 6.07) is 3.45. The highest BCUT2D eigenvalue weighted by atomic mass is 16.5. The molecule has 1 heterocycles. The summed E-state index contributed by atoms with van der Waals surface area (Å²) >= 11 is 0. The van der Waals surface area contributed by atoms with E-state index in [1.165, 1.54) is 5.69 Å². The first kappa shape index (κ1) is 27.0. The van der Waals surface area contributed by atoms with E-state index in [0.29, 0.717) is 42.6 Å². The molecule has 0 atom stereocenters. The van der Waals surface area contributed by atoms with Crippen molar-refractivity contribution in [2.24, 2.45) is 12.8 Å². The summed E-state index contributed by atoms with van der Waals surface area (Å²) in [4.78, 5) is 12.4. The molecule has 2 aromatic rings. The zero-order valence-electron chi connectivity index (χ0n) is 21.0. The van der Waals surface area contributed by atoms with E-state index in [1.807, 2.05) is 25.7 Å². The molecule has 0 aliphatic rings. The van der Waals surface area contributed by atoms with Crippen molar-refractivity contribution >= 4 is 5.91 Å². The zero-order chi connectivity index (χ0) is 24.8. The summed E-state index contributed by atoms with van der Waals surface area (Å²) in [5, 5.41) is 8.82. The van der Waals surface area contributed by atoms with Gasteiger partial charge >= 0.3 is 0 Å². The molecule has 0 aliphatic heterocycles. The maximum Gasteiger partial charge on any atom is 0.251 e. The lowest BCUT2D eigenvalue weighted by Gasteiger charge is -2.18. The van der Waals surface area contributed by atoms with Gasteiger partial charge in [0.1, 0.15) is 0 Å². The molecule has 0 unspecified atom stereocenters. The summed E-state index contributed by atoms with van der Waals surface area (Å²) in [7, 11) is 5.41. The van der Waals surface area contributed by atoms with Gasteiger partial charge in [0, 0.05) is 50.5 Å². The number of amides is 1. The van der Waals surface area contributed by atoms with Gasteiger partial charge in [0.05, 0.1) is 19.8 Å². The first-order valence-corrected chi connectivity index (χ1v) is 12.1. The molecule has 5 N–H and O–H groups in total. The second-order valence-electron chi connectivity index (χ2n) is 8.23. The number of rotatable bonds is 17. The number of allylic oxidation sites excluding steroid dienone is 1. The first-order valence-electron chi connectivity index (χ1n) is 12.1. The number of hydrogen-bond acceptors (Lipinski definition) is 6. The number of aryl methyl sites for hydroxylation is 2. The number of unbranched alkanes of at least 4 members (excludes halogenated alkanes) is 2. The van der Waals surface area contributed by atoms with Gasteiger partial charge in [0.15, 0.2) is 11.5 Å². The van der Waals surface area contributed by atoms with E-state index < -0.39 is 0 Å². The van der Waals surface area contributed by atoms with Gasteiger partial charge in [-0.15, -0.1) is 0 Å². The number of nitrogens with two attached hydrogens (primary N) is 1. The second-order valence-corrected chi connectivity index (χ2v) is 8.23. The van der Waals surface area contributed by atoms with E-state index in [9.17, 15) is 4.79 Å². The molecule has 0 aliphatic carbocycles. The van der Waals surface area contributed by atoms with Gasteiger partial charge in [-0.05, 0) is 57.1 Å². The average Bonchev–Trinajstić information content (AvgIpc) is 2.81. The second kappa shape index (κ2) is 14.8.